The molecule has 92 valence electrons. The van der Waals surface area contributed by atoms with Crippen LogP contribution in [0.15, 0.2) is 47.9 Å². The molecule has 1 N–H and O–H groups in total. The molecule has 0 aliphatic rings. The van der Waals surface area contributed by atoms with Crippen LogP contribution in [0.5, 0.6) is 5.75 Å². The second-order valence-electron chi connectivity index (χ2n) is 3.58. The predicted octanol–water partition coefficient (Wildman–Crippen LogP) is 3.54. The molecule has 4 heteroatoms. The fourth-order valence-corrected chi connectivity index (χ4v) is 2.06. The molecule has 0 atom stereocenters. The van der Waals surface area contributed by atoms with E-state index in [1.54, 1.807) is 5.38 Å². The molecule has 0 radical (unpaired) electrons. The van der Waals surface area contributed by atoms with Crippen LogP contribution in [0.25, 0.3) is 6.08 Å². The van der Waals surface area contributed by atoms with Crippen molar-refractivity contribution in [2.24, 2.45) is 0 Å². The van der Waals surface area contributed by atoms with Crippen molar-refractivity contribution < 1.29 is 14.6 Å². The van der Waals surface area contributed by atoms with E-state index in [1.807, 2.05) is 42.5 Å². The van der Waals surface area contributed by atoms with E-state index >= 15 is 0 Å². The Kier molecular flexibility index (Phi) is 4.15. The van der Waals surface area contributed by atoms with E-state index in [0.29, 0.717) is 12.4 Å². The van der Waals surface area contributed by atoms with E-state index in [9.17, 15) is 4.79 Å². The van der Waals surface area contributed by atoms with Gasteiger partial charge in [-0.25, -0.2) is 4.79 Å². The lowest BCUT2D eigenvalue weighted by Gasteiger charge is -1.98. The summed E-state index contributed by atoms with van der Waals surface area (Å²) in [5.74, 6) is -0.329. The summed E-state index contributed by atoms with van der Waals surface area (Å²) in [5, 5.41) is 10.5. The standard InChI is InChI=1S/C14H12O3S/c15-14(16)13-9-12(10-18-13)17-8-4-7-11-5-2-1-3-6-11/h1-7,9-10H,8H2,(H,15,16). The molecule has 0 aliphatic heterocycles. The predicted molar refractivity (Wildman–Crippen MR) is 72.2 cm³/mol. The zero-order valence-corrected chi connectivity index (χ0v) is 10.4. The monoisotopic (exact) mass is 260 g/mol. The Bertz CT molecular complexity index is 543. The third-order valence-electron chi connectivity index (χ3n) is 2.24. The first-order valence-corrected chi connectivity index (χ1v) is 6.30. The van der Waals surface area contributed by atoms with Crippen molar-refractivity contribution >= 4 is 23.4 Å². The van der Waals surface area contributed by atoms with Crippen LogP contribution in [0.3, 0.4) is 0 Å². The number of carboxylic acids is 1. The molecule has 1 aromatic carbocycles. The Morgan fingerprint density at radius 3 is 2.78 bits per heavy atom. The van der Waals surface area contributed by atoms with E-state index in [1.165, 1.54) is 6.07 Å². The van der Waals surface area contributed by atoms with Gasteiger partial charge in [0, 0.05) is 11.4 Å². The smallest absolute Gasteiger partial charge is 0.346 e. The lowest BCUT2D eigenvalue weighted by molar-refractivity contribution is 0.0702. The average molecular weight is 260 g/mol. The van der Waals surface area contributed by atoms with Crippen molar-refractivity contribution in [1.82, 2.24) is 0 Å². The van der Waals surface area contributed by atoms with E-state index in [-0.39, 0.29) is 4.88 Å². The Balaban J connectivity index is 1.85. The van der Waals surface area contributed by atoms with Crippen molar-refractivity contribution in [3.8, 4) is 5.75 Å². The first kappa shape index (κ1) is 12.4. The second-order valence-corrected chi connectivity index (χ2v) is 4.49. The van der Waals surface area contributed by atoms with Gasteiger partial charge in [0.1, 0.15) is 17.2 Å². The van der Waals surface area contributed by atoms with Gasteiger partial charge in [-0.2, -0.15) is 0 Å². The van der Waals surface area contributed by atoms with Gasteiger partial charge >= 0.3 is 5.97 Å². The summed E-state index contributed by atoms with van der Waals surface area (Å²) in [6, 6.07) is 11.4. The topological polar surface area (TPSA) is 46.5 Å². The van der Waals surface area contributed by atoms with Gasteiger partial charge in [0.05, 0.1) is 0 Å². The highest BCUT2D eigenvalue weighted by molar-refractivity contribution is 7.12. The average Bonchev–Trinajstić information content (AvgIpc) is 2.85. The van der Waals surface area contributed by atoms with Crippen LogP contribution < -0.4 is 4.74 Å². The fourth-order valence-electron chi connectivity index (χ4n) is 1.40. The lowest BCUT2D eigenvalue weighted by Crippen LogP contribution is -1.93. The number of rotatable bonds is 5. The van der Waals surface area contributed by atoms with Crippen molar-refractivity contribution in [1.29, 1.82) is 0 Å². The number of hydrogen-bond acceptors (Lipinski definition) is 3. The van der Waals surface area contributed by atoms with Gasteiger partial charge in [0.25, 0.3) is 0 Å². The molecule has 0 unspecified atom stereocenters. The van der Waals surface area contributed by atoms with Gasteiger partial charge in [0.2, 0.25) is 0 Å². The van der Waals surface area contributed by atoms with Crippen LogP contribution in [-0.2, 0) is 0 Å². The molecule has 0 aliphatic carbocycles. The molecule has 2 aromatic rings. The third-order valence-corrected chi connectivity index (χ3v) is 3.14. The number of carboxylic acid groups (broad SMARTS) is 1. The van der Waals surface area contributed by atoms with Crippen molar-refractivity contribution in [3.63, 3.8) is 0 Å². The fraction of sp³-hybridized carbons (Fsp3) is 0.0714. The number of aromatic carboxylic acids is 1. The highest BCUT2D eigenvalue weighted by Gasteiger charge is 2.06. The molecule has 0 amide bonds. The Morgan fingerprint density at radius 1 is 1.33 bits per heavy atom. The summed E-state index contributed by atoms with van der Waals surface area (Å²) in [6.45, 7) is 0.421. The van der Waals surface area contributed by atoms with Crippen molar-refractivity contribution in [2.45, 2.75) is 0 Å². The highest BCUT2D eigenvalue weighted by Crippen LogP contribution is 2.21. The molecule has 3 nitrogen and oxygen atoms in total. The van der Waals surface area contributed by atoms with E-state index < -0.39 is 5.97 Å². The minimum absolute atomic E-state index is 0.289. The summed E-state index contributed by atoms with van der Waals surface area (Å²) >= 11 is 1.16. The van der Waals surface area contributed by atoms with Crippen LogP contribution in [-0.4, -0.2) is 17.7 Å². The molecule has 18 heavy (non-hydrogen) atoms. The first-order valence-electron chi connectivity index (χ1n) is 5.42. The summed E-state index contributed by atoms with van der Waals surface area (Å²) in [5.41, 5.74) is 1.11. The molecule has 0 saturated heterocycles. The SMILES string of the molecule is O=C(O)c1cc(OCC=Cc2ccccc2)cs1. The molecule has 2 rings (SSSR count). The highest BCUT2D eigenvalue weighted by atomic mass is 32.1. The summed E-state index contributed by atoms with van der Waals surface area (Å²) in [4.78, 5) is 11.0. The normalized spacial score (nSPS) is 10.7. The maximum atomic E-state index is 10.7. The third kappa shape index (κ3) is 3.46. The molecule has 1 aromatic heterocycles. The molecule has 0 fully saturated rings. The van der Waals surface area contributed by atoms with Crippen LogP contribution in [0.1, 0.15) is 15.2 Å². The largest absolute Gasteiger partial charge is 0.489 e. The Morgan fingerprint density at radius 2 is 2.11 bits per heavy atom. The minimum Gasteiger partial charge on any atom is -0.489 e. The second kappa shape index (κ2) is 6.02. The molecule has 0 saturated carbocycles. The summed E-state index contributed by atoms with van der Waals surface area (Å²) in [6.07, 6.45) is 3.86. The van der Waals surface area contributed by atoms with E-state index in [2.05, 4.69) is 0 Å². The van der Waals surface area contributed by atoms with Crippen molar-refractivity contribution in [2.75, 3.05) is 6.61 Å². The van der Waals surface area contributed by atoms with Crippen LogP contribution in [0.2, 0.25) is 0 Å². The summed E-state index contributed by atoms with van der Waals surface area (Å²) < 4.78 is 5.42. The minimum atomic E-state index is -0.922. The Labute approximate surface area is 109 Å². The van der Waals surface area contributed by atoms with E-state index in [4.69, 9.17) is 9.84 Å². The van der Waals surface area contributed by atoms with Gasteiger partial charge in [-0.3, -0.25) is 0 Å². The van der Waals surface area contributed by atoms with Crippen LogP contribution in [0, 0.1) is 0 Å². The maximum Gasteiger partial charge on any atom is 0.346 e. The van der Waals surface area contributed by atoms with Crippen LogP contribution in [0.4, 0.5) is 0 Å². The lowest BCUT2D eigenvalue weighted by atomic mass is 10.2. The zero-order valence-electron chi connectivity index (χ0n) is 9.58. The quantitative estimate of drug-likeness (QED) is 0.894. The zero-order chi connectivity index (χ0) is 12.8. The maximum absolute atomic E-state index is 10.7. The van der Waals surface area contributed by atoms with Gasteiger partial charge in [-0.1, -0.05) is 36.4 Å². The number of hydrogen-bond donors (Lipinski definition) is 1. The van der Waals surface area contributed by atoms with Crippen molar-refractivity contribution in [3.05, 3.63) is 58.3 Å². The van der Waals surface area contributed by atoms with Gasteiger partial charge in [-0.15, -0.1) is 11.3 Å². The molecular weight excluding hydrogens is 248 g/mol. The molecular formula is C14H12O3S. The van der Waals surface area contributed by atoms with E-state index in [0.717, 1.165) is 16.9 Å². The molecule has 0 spiro atoms. The number of benzene rings is 1. The number of thiophene rings is 1. The van der Waals surface area contributed by atoms with Gasteiger partial charge in [0.15, 0.2) is 0 Å². The first-order chi connectivity index (χ1) is 8.75. The van der Waals surface area contributed by atoms with Gasteiger partial charge < -0.3 is 9.84 Å². The molecule has 0 bridgehead atoms. The number of ether oxygens (including phenoxy) is 1. The Hall–Kier alpha value is -2.07. The van der Waals surface area contributed by atoms with Gasteiger partial charge in [-0.05, 0) is 11.6 Å². The summed E-state index contributed by atoms with van der Waals surface area (Å²) in [7, 11) is 0. The van der Waals surface area contributed by atoms with Crippen LogP contribution >= 0.6 is 11.3 Å². The number of carbonyl (C=O) groups is 1. The molecule has 1 heterocycles.